The van der Waals surface area contributed by atoms with Crippen molar-refractivity contribution < 1.29 is 9.53 Å². The van der Waals surface area contributed by atoms with Crippen LogP contribution in [0.4, 0.5) is 5.69 Å². The fourth-order valence-corrected chi connectivity index (χ4v) is 3.42. The highest BCUT2D eigenvalue weighted by atomic mass is 16.5. The number of aryl methyl sites for hydroxylation is 1. The van der Waals surface area contributed by atoms with Crippen molar-refractivity contribution in [3.05, 3.63) is 35.5 Å². The number of carbonyl (C=O) groups is 1. The van der Waals surface area contributed by atoms with Gasteiger partial charge in [-0.15, -0.1) is 0 Å². The average molecular weight is 312 g/mol. The molecule has 0 amide bonds. The van der Waals surface area contributed by atoms with E-state index in [1.165, 1.54) is 39.2 Å². The van der Waals surface area contributed by atoms with Crippen LogP contribution < -0.4 is 5.32 Å². The Morgan fingerprint density at radius 1 is 1.26 bits per heavy atom. The molecule has 23 heavy (non-hydrogen) atoms. The Morgan fingerprint density at radius 3 is 2.74 bits per heavy atom. The molecule has 1 aromatic heterocycles. The number of aromatic nitrogens is 1. The lowest BCUT2D eigenvalue weighted by atomic mass is 9.94. The van der Waals surface area contributed by atoms with Crippen LogP contribution in [0.1, 0.15) is 43.4 Å². The van der Waals surface area contributed by atoms with Gasteiger partial charge in [-0.25, -0.2) is 0 Å². The predicted octanol–water partition coefficient (Wildman–Crippen LogP) is 4.00. The third-order valence-corrected chi connectivity index (χ3v) is 4.70. The number of ether oxygens (including phenoxy) is 1. The number of pyridine rings is 1. The lowest BCUT2D eigenvalue weighted by Crippen LogP contribution is -2.24. The van der Waals surface area contributed by atoms with Crippen LogP contribution in [0.3, 0.4) is 0 Å². The monoisotopic (exact) mass is 312 g/mol. The number of carbonyl (C=O) groups excluding carboxylic acids is 1. The van der Waals surface area contributed by atoms with E-state index < -0.39 is 0 Å². The molecule has 0 saturated heterocycles. The lowest BCUT2D eigenvalue weighted by Gasteiger charge is -2.26. The number of nitrogens with zero attached hydrogens (tertiary/aromatic N) is 1. The third kappa shape index (κ3) is 3.46. The van der Waals surface area contributed by atoms with Crippen molar-refractivity contribution in [2.75, 3.05) is 12.4 Å². The Bertz CT molecular complexity index is 706. The fraction of sp³-hybridized carbons (Fsp3) is 0.474. The van der Waals surface area contributed by atoms with Crippen LogP contribution in [0.25, 0.3) is 10.9 Å². The fourth-order valence-electron chi connectivity index (χ4n) is 3.42. The molecule has 1 aliphatic rings. The van der Waals surface area contributed by atoms with E-state index >= 15 is 0 Å². The molecule has 2 aromatic rings. The summed E-state index contributed by atoms with van der Waals surface area (Å²) in [6.07, 6.45) is 6.50. The SMILES string of the molecule is COC(=O)Cc1c(C)nc2ccccc2c1NC1CCCCC1. The summed E-state index contributed by atoms with van der Waals surface area (Å²) in [6.45, 7) is 1.97. The molecule has 122 valence electrons. The number of para-hydroxylation sites is 1. The zero-order valence-corrected chi connectivity index (χ0v) is 13.9. The van der Waals surface area contributed by atoms with Crippen molar-refractivity contribution in [3.63, 3.8) is 0 Å². The Hall–Kier alpha value is -2.10. The summed E-state index contributed by atoms with van der Waals surface area (Å²) in [6, 6.07) is 8.60. The number of methoxy groups -OCH3 is 1. The van der Waals surface area contributed by atoms with Gasteiger partial charge in [-0.05, 0) is 25.8 Å². The molecular formula is C19H24N2O2. The van der Waals surface area contributed by atoms with Crippen molar-refractivity contribution in [3.8, 4) is 0 Å². The van der Waals surface area contributed by atoms with Crippen molar-refractivity contribution in [2.24, 2.45) is 0 Å². The molecule has 0 atom stereocenters. The van der Waals surface area contributed by atoms with E-state index in [1.807, 2.05) is 25.1 Å². The average Bonchev–Trinajstić information content (AvgIpc) is 2.58. The topological polar surface area (TPSA) is 51.2 Å². The second-order valence-corrected chi connectivity index (χ2v) is 6.30. The number of benzene rings is 1. The van der Waals surface area contributed by atoms with E-state index in [9.17, 15) is 4.79 Å². The van der Waals surface area contributed by atoms with E-state index in [0.29, 0.717) is 6.04 Å². The Balaban J connectivity index is 2.05. The normalized spacial score (nSPS) is 15.6. The quantitative estimate of drug-likeness (QED) is 0.867. The zero-order valence-electron chi connectivity index (χ0n) is 13.9. The van der Waals surface area contributed by atoms with Crippen LogP contribution in [0.15, 0.2) is 24.3 Å². The first-order valence-corrected chi connectivity index (χ1v) is 8.40. The maximum Gasteiger partial charge on any atom is 0.310 e. The van der Waals surface area contributed by atoms with Crippen molar-refractivity contribution >= 4 is 22.6 Å². The molecular weight excluding hydrogens is 288 g/mol. The Kier molecular flexibility index (Phi) is 4.79. The molecule has 1 saturated carbocycles. The minimum Gasteiger partial charge on any atom is -0.469 e. The minimum atomic E-state index is -0.225. The first-order valence-electron chi connectivity index (χ1n) is 8.40. The second-order valence-electron chi connectivity index (χ2n) is 6.30. The molecule has 0 radical (unpaired) electrons. The van der Waals surface area contributed by atoms with Crippen molar-refractivity contribution in [2.45, 2.75) is 51.5 Å². The van der Waals surface area contributed by atoms with Gasteiger partial charge in [0.2, 0.25) is 0 Å². The van der Waals surface area contributed by atoms with Crippen LogP contribution in [0, 0.1) is 6.92 Å². The predicted molar refractivity (Wildman–Crippen MR) is 92.7 cm³/mol. The molecule has 1 aromatic carbocycles. The first kappa shape index (κ1) is 15.8. The summed E-state index contributed by atoms with van der Waals surface area (Å²) in [5, 5.41) is 4.80. The van der Waals surface area contributed by atoms with Gasteiger partial charge in [-0.2, -0.15) is 0 Å². The van der Waals surface area contributed by atoms with E-state index in [1.54, 1.807) is 0 Å². The van der Waals surface area contributed by atoms with E-state index in [0.717, 1.165) is 27.8 Å². The molecule has 3 rings (SSSR count). The highest BCUT2D eigenvalue weighted by molar-refractivity contribution is 5.95. The van der Waals surface area contributed by atoms with Gasteiger partial charge in [0.1, 0.15) is 0 Å². The minimum absolute atomic E-state index is 0.225. The summed E-state index contributed by atoms with van der Waals surface area (Å²) < 4.78 is 4.87. The molecule has 1 fully saturated rings. The number of hydrogen-bond donors (Lipinski definition) is 1. The van der Waals surface area contributed by atoms with E-state index in [-0.39, 0.29) is 12.4 Å². The largest absolute Gasteiger partial charge is 0.469 e. The second kappa shape index (κ2) is 6.99. The molecule has 4 heteroatoms. The first-order chi connectivity index (χ1) is 11.2. The molecule has 0 bridgehead atoms. The van der Waals surface area contributed by atoms with E-state index in [2.05, 4.69) is 16.4 Å². The van der Waals surface area contributed by atoms with Gasteiger partial charge < -0.3 is 10.1 Å². The van der Waals surface area contributed by atoms with Gasteiger partial charge in [-0.1, -0.05) is 37.5 Å². The van der Waals surface area contributed by atoms with Gasteiger partial charge >= 0.3 is 5.97 Å². The highest BCUT2D eigenvalue weighted by Crippen LogP contribution is 2.32. The summed E-state index contributed by atoms with van der Waals surface area (Å²) in [5.41, 5.74) is 3.89. The van der Waals surface area contributed by atoms with Crippen molar-refractivity contribution in [1.82, 2.24) is 4.98 Å². The molecule has 1 N–H and O–H groups in total. The van der Waals surface area contributed by atoms with E-state index in [4.69, 9.17) is 4.74 Å². The number of hydrogen-bond acceptors (Lipinski definition) is 4. The van der Waals surface area contributed by atoms with Crippen molar-refractivity contribution in [1.29, 1.82) is 0 Å². The summed E-state index contributed by atoms with van der Waals surface area (Å²) in [7, 11) is 1.43. The molecule has 4 nitrogen and oxygen atoms in total. The third-order valence-electron chi connectivity index (χ3n) is 4.70. The van der Waals surface area contributed by atoms with Gasteiger partial charge in [0.15, 0.2) is 0 Å². The number of fused-ring (bicyclic) bond motifs is 1. The molecule has 1 heterocycles. The number of rotatable bonds is 4. The molecule has 0 unspecified atom stereocenters. The van der Waals surface area contributed by atoms with Crippen LogP contribution in [-0.4, -0.2) is 24.1 Å². The van der Waals surface area contributed by atoms with Gasteiger partial charge in [0, 0.05) is 28.4 Å². The Morgan fingerprint density at radius 2 is 2.00 bits per heavy atom. The molecule has 1 aliphatic carbocycles. The highest BCUT2D eigenvalue weighted by Gasteiger charge is 2.20. The maximum atomic E-state index is 11.8. The summed E-state index contributed by atoms with van der Waals surface area (Å²) in [4.78, 5) is 16.5. The van der Waals surface area contributed by atoms with Gasteiger partial charge in [-0.3, -0.25) is 9.78 Å². The smallest absolute Gasteiger partial charge is 0.310 e. The lowest BCUT2D eigenvalue weighted by molar-refractivity contribution is -0.139. The summed E-state index contributed by atoms with van der Waals surface area (Å²) in [5.74, 6) is -0.225. The standard InChI is InChI=1S/C19H24N2O2/c1-13-16(12-18(22)23-2)19(21-14-8-4-3-5-9-14)15-10-6-7-11-17(15)20-13/h6-7,10-11,14H,3-5,8-9,12H2,1-2H3,(H,20,21). The number of esters is 1. The number of nitrogens with one attached hydrogen (secondary N) is 1. The van der Waals surface area contributed by atoms with Gasteiger partial charge in [0.25, 0.3) is 0 Å². The zero-order chi connectivity index (χ0) is 16.2. The Labute approximate surface area is 137 Å². The van der Waals surface area contributed by atoms with Gasteiger partial charge in [0.05, 0.1) is 19.0 Å². The van der Waals surface area contributed by atoms with Crippen LogP contribution in [0.2, 0.25) is 0 Å². The van der Waals surface area contributed by atoms with Crippen LogP contribution in [-0.2, 0) is 16.0 Å². The number of anilines is 1. The molecule has 0 aliphatic heterocycles. The van der Waals surface area contributed by atoms with Crippen LogP contribution >= 0.6 is 0 Å². The van der Waals surface area contributed by atoms with Crippen LogP contribution in [0.5, 0.6) is 0 Å². The maximum absolute atomic E-state index is 11.8. The summed E-state index contributed by atoms with van der Waals surface area (Å²) >= 11 is 0. The molecule has 0 spiro atoms.